The summed E-state index contributed by atoms with van der Waals surface area (Å²) in [6.07, 6.45) is 1.96. The molecule has 114 valence electrons. The smallest absolute Gasteiger partial charge is 0.137 e. The van der Waals surface area contributed by atoms with Crippen molar-refractivity contribution in [3.8, 4) is 0 Å². The van der Waals surface area contributed by atoms with Gasteiger partial charge in [-0.15, -0.1) is 0 Å². The summed E-state index contributed by atoms with van der Waals surface area (Å²) in [6.45, 7) is 11.8. The lowest BCUT2D eigenvalue weighted by atomic mass is 10.2. The molecule has 0 unspecified atom stereocenters. The predicted octanol–water partition coefficient (Wildman–Crippen LogP) is 2.64. The monoisotopic (exact) mass is 280 g/mol. The molecule has 5 nitrogen and oxygen atoms in total. The number of methoxy groups -OCH3 is 1. The van der Waals surface area contributed by atoms with E-state index in [0.29, 0.717) is 6.61 Å². The van der Waals surface area contributed by atoms with Crippen LogP contribution in [-0.2, 0) is 11.2 Å². The van der Waals surface area contributed by atoms with Crippen molar-refractivity contribution in [3.05, 3.63) is 11.4 Å². The Labute approximate surface area is 122 Å². The van der Waals surface area contributed by atoms with E-state index in [2.05, 4.69) is 42.9 Å². The molecule has 0 atom stereocenters. The van der Waals surface area contributed by atoms with Crippen molar-refractivity contribution < 1.29 is 4.74 Å². The number of nitrogens with zero attached hydrogens (tertiary/aromatic N) is 3. The highest BCUT2D eigenvalue weighted by Gasteiger charge is 2.15. The molecule has 5 heteroatoms. The lowest BCUT2D eigenvalue weighted by Gasteiger charge is -2.25. The third-order valence-corrected chi connectivity index (χ3v) is 3.23. The topological polar surface area (TPSA) is 50.3 Å². The van der Waals surface area contributed by atoms with Gasteiger partial charge in [-0.25, -0.2) is 9.97 Å². The Bertz CT molecular complexity index is 409. The second-order valence-corrected chi connectivity index (χ2v) is 4.79. The van der Waals surface area contributed by atoms with E-state index in [1.165, 1.54) is 0 Å². The van der Waals surface area contributed by atoms with Crippen molar-refractivity contribution in [3.63, 3.8) is 0 Å². The second-order valence-electron chi connectivity index (χ2n) is 4.79. The van der Waals surface area contributed by atoms with Gasteiger partial charge in [-0.2, -0.15) is 0 Å². The first-order valence-corrected chi connectivity index (χ1v) is 7.53. The van der Waals surface area contributed by atoms with Crippen molar-refractivity contribution in [2.75, 3.05) is 43.6 Å². The van der Waals surface area contributed by atoms with Crippen LogP contribution in [0.15, 0.2) is 0 Å². The van der Waals surface area contributed by atoms with Gasteiger partial charge in [0.25, 0.3) is 0 Å². The first kappa shape index (κ1) is 16.7. The summed E-state index contributed by atoms with van der Waals surface area (Å²) < 4.78 is 5.19. The Morgan fingerprint density at radius 2 is 1.95 bits per heavy atom. The van der Waals surface area contributed by atoms with Crippen LogP contribution in [0.3, 0.4) is 0 Å². The van der Waals surface area contributed by atoms with Crippen LogP contribution < -0.4 is 10.2 Å². The normalized spacial score (nSPS) is 10.7. The highest BCUT2D eigenvalue weighted by molar-refractivity contribution is 5.58. The molecule has 0 aliphatic rings. The Morgan fingerprint density at radius 3 is 2.50 bits per heavy atom. The van der Waals surface area contributed by atoms with Gasteiger partial charge in [0.05, 0.1) is 6.61 Å². The predicted molar refractivity (Wildman–Crippen MR) is 84.7 cm³/mol. The zero-order valence-electron chi connectivity index (χ0n) is 13.5. The SMILES string of the molecule is CCCc1nc(NCC)c(C)c(N(CC)CCOC)n1. The third kappa shape index (κ3) is 4.34. The molecule has 1 heterocycles. The summed E-state index contributed by atoms with van der Waals surface area (Å²) in [5, 5.41) is 3.34. The van der Waals surface area contributed by atoms with Crippen molar-refractivity contribution in [2.45, 2.75) is 40.5 Å². The molecular formula is C15H28N4O. The third-order valence-electron chi connectivity index (χ3n) is 3.23. The largest absolute Gasteiger partial charge is 0.383 e. The van der Waals surface area contributed by atoms with E-state index < -0.39 is 0 Å². The molecule has 0 radical (unpaired) electrons. The zero-order chi connectivity index (χ0) is 15.0. The molecule has 1 N–H and O–H groups in total. The fourth-order valence-electron chi connectivity index (χ4n) is 2.15. The summed E-state index contributed by atoms with van der Waals surface area (Å²) in [5.41, 5.74) is 1.12. The molecule has 1 rings (SSSR count). The molecule has 0 spiro atoms. The maximum atomic E-state index is 5.19. The molecule has 0 bridgehead atoms. The van der Waals surface area contributed by atoms with E-state index in [1.807, 2.05) is 0 Å². The zero-order valence-corrected chi connectivity index (χ0v) is 13.5. The van der Waals surface area contributed by atoms with Gasteiger partial charge in [-0.05, 0) is 27.2 Å². The fourth-order valence-corrected chi connectivity index (χ4v) is 2.15. The van der Waals surface area contributed by atoms with Gasteiger partial charge in [0.15, 0.2) is 0 Å². The molecule has 0 amide bonds. The number of aryl methyl sites for hydroxylation is 1. The Hall–Kier alpha value is -1.36. The van der Waals surface area contributed by atoms with Gasteiger partial charge >= 0.3 is 0 Å². The summed E-state index contributed by atoms with van der Waals surface area (Å²) in [5.74, 6) is 2.90. The highest BCUT2D eigenvalue weighted by atomic mass is 16.5. The molecule has 1 aromatic rings. The molecular weight excluding hydrogens is 252 g/mol. The minimum atomic E-state index is 0.705. The number of anilines is 2. The number of ether oxygens (including phenoxy) is 1. The van der Waals surface area contributed by atoms with E-state index in [4.69, 9.17) is 9.72 Å². The Balaban J connectivity index is 3.12. The molecule has 0 aromatic carbocycles. The van der Waals surface area contributed by atoms with Gasteiger partial charge in [-0.1, -0.05) is 6.92 Å². The van der Waals surface area contributed by atoms with E-state index in [-0.39, 0.29) is 0 Å². The maximum absolute atomic E-state index is 5.19. The van der Waals surface area contributed by atoms with Crippen molar-refractivity contribution in [2.24, 2.45) is 0 Å². The second kappa shape index (κ2) is 8.74. The minimum Gasteiger partial charge on any atom is -0.383 e. The number of aromatic nitrogens is 2. The van der Waals surface area contributed by atoms with Crippen LogP contribution in [0.4, 0.5) is 11.6 Å². The van der Waals surface area contributed by atoms with E-state index in [0.717, 1.165) is 55.5 Å². The molecule has 0 aliphatic carbocycles. The van der Waals surface area contributed by atoms with Crippen LogP contribution in [0, 0.1) is 6.92 Å². The van der Waals surface area contributed by atoms with Crippen molar-refractivity contribution in [1.29, 1.82) is 0 Å². The molecule has 0 saturated heterocycles. The number of hydrogen-bond donors (Lipinski definition) is 1. The van der Waals surface area contributed by atoms with Crippen LogP contribution in [0.2, 0.25) is 0 Å². The number of likely N-dealkylation sites (N-methyl/N-ethyl adjacent to an activating group) is 1. The van der Waals surface area contributed by atoms with Crippen LogP contribution in [0.1, 0.15) is 38.6 Å². The quantitative estimate of drug-likeness (QED) is 0.753. The van der Waals surface area contributed by atoms with E-state index in [9.17, 15) is 0 Å². The number of hydrogen-bond acceptors (Lipinski definition) is 5. The van der Waals surface area contributed by atoms with Gasteiger partial charge in [0, 0.05) is 38.7 Å². The van der Waals surface area contributed by atoms with Gasteiger partial charge in [0.2, 0.25) is 0 Å². The van der Waals surface area contributed by atoms with Crippen LogP contribution in [0.25, 0.3) is 0 Å². The summed E-state index contributed by atoms with van der Waals surface area (Å²) >= 11 is 0. The Kier molecular flexibility index (Phi) is 7.30. The highest BCUT2D eigenvalue weighted by Crippen LogP contribution is 2.24. The van der Waals surface area contributed by atoms with Gasteiger partial charge < -0.3 is 15.0 Å². The Morgan fingerprint density at radius 1 is 1.20 bits per heavy atom. The van der Waals surface area contributed by atoms with Crippen molar-refractivity contribution in [1.82, 2.24) is 9.97 Å². The number of rotatable bonds is 9. The van der Waals surface area contributed by atoms with Crippen LogP contribution >= 0.6 is 0 Å². The molecule has 0 fully saturated rings. The molecule has 0 saturated carbocycles. The average Bonchev–Trinajstić information content (AvgIpc) is 2.44. The maximum Gasteiger partial charge on any atom is 0.137 e. The molecule has 20 heavy (non-hydrogen) atoms. The molecule has 0 aliphatic heterocycles. The van der Waals surface area contributed by atoms with E-state index in [1.54, 1.807) is 7.11 Å². The molecule has 1 aromatic heterocycles. The number of nitrogens with one attached hydrogen (secondary N) is 1. The minimum absolute atomic E-state index is 0.705. The van der Waals surface area contributed by atoms with E-state index >= 15 is 0 Å². The average molecular weight is 280 g/mol. The lowest BCUT2D eigenvalue weighted by molar-refractivity contribution is 0.205. The fraction of sp³-hybridized carbons (Fsp3) is 0.733. The summed E-state index contributed by atoms with van der Waals surface area (Å²) in [4.78, 5) is 11.6. The van der Waals surface area contributed by atoms with Gasteiger partial charge in [-0.3, -0.25) is 0 Å². The van der Waals surface area contributed by atoms with Crippen LogP contribution in [0.5, 0.6) is 0 Å². The van der Waals surface area contributed by atoms with Gasteiger partial charge in [0.1, 0.15) is 17.5 Å². The lowest BCUT2D eigenvalue weighted by Crippen LogP contribution is -2.29. The first-order valence-electron chi connectivity index (χ1n) is 7.53. The first-order chi connectivity index (χ1) is 9.67. The van der Waals surface area contributed by atoms with Crippen LogP contribution in [-0.4, -0.2) is 43.3 Å². The van der Waals surface area contributed by atoms with Crippen molar-refractivity contribution >= 4 is 11.6 Å². The standard InChI is InChI=1S/C15H28N4O/c1-6-9-13-17-14(16-7-2)12(4)15(18-13)19(8-3)10-11-20-5/h6-11H2,1-5H3,(H,16,17,18). The summed E-state index contributed by atoms with van der Waals surface area (Å²) in [7, 11) is 1.73. The summed E-state index contributed by atoms with van der Waals surface area (Å²) in [6, 6.07) is 0.